The van der Waals surface area contributed by atoms with Crippen molar-refractivity contribution in [2.24, 2.45) is 7.05 Å². The molecule has 2 aromatic carbocycles. The zero-order valence-electron chi connectivity index (χ0n) is 19.9. The minimum absolute atomic E-state index is 0.0109. The van der Waals surface area contributed by atoms with Crippen molar-refractivity contribution in [1.29, 1.82) is 0 Å². The van der Waals surface area contributed by atoms with Crippen LogP contribution in [0.5, 0.6) is 0 Å². The Kier molecular flexibility index (Phi) is 6.99. The molecular weight excluding hydrogens is 531 g/mol. The van der Waals surface area contributed by atoms with Gasteiger partial charge in [0, 0.05) is 18.3 Å². The first kappa shape index (κ1) is 27.5. The van der Waals surface area contributed by atoms with Crippen LogP contribution in [0.1, 0.15) is 53.6 Å². The van der Waals surface area contributed by atoms with Crippen molar-refractivity contribution in [2.45, 2.75) is 56.9 Å². The molecule has 2 heterocycles. The van der Waals surface area contributed by atoms with E-state index in [0.29, 0.717) is 24.2 Å². The maximum Gasteiger partial charge on any atom is 0.416 e. The average molecular weight is 552 g/mol. The standard InChI is InChI=1S/C23H21F9N6/c1-3-16-10-19(17-9-13(21(24,25)26)4-5-18(17)33-16)38(20-34-36-37(2)35-20)11-12-6-14(22(27,28)29)8-15(7-12)23(30,31)32/h4-9,16,19,33H,3,10-11H2,1-2H3. The summed E-state index contributed by atoms with van der Waals surface area (Å²) < 4.78 is 121. The van der Waals surface area contributed by atoms with Crippen LogP contribution in [0.4, 0.5) is 51.1 Å². The first-order chi connectivity index (χ1) is 17.6. The summed E-state index contributed by atoms with van der Waals surface area (Å²) in [5.41, 5.74) is -3.84. The molecule has 3 aromatic rings. The predicted molar refractivity (Wildman–Crippen MR) is 118 cm³/mol. The van der Waals surface area contributed by atoms with Gasteiger partial charge in [-0.05, 0) is 65.6 Å². The van der Waals surface area contributed by atoms with Gasteiger partial charge in [0.05, 0.1) is 29.8 Å². The van der Waals surface area contributed by atoms with Gasteiger partial charge in [-0.25, -0.2) is 0 Å². The number of hydrogen-bond donors (Lipinski definition) is 1. The highest BCUT2D eigenvalue weighted by molar-refractivity contribution is 5.59. The topological polar surface area (TPSA) is 58.9 Å². The van der Waals surface area contributed by atoms with E-state index in [4.69, 9.17) is 0 Å². The minimum atomic E-state index is -5.07. The van der Waals surface area contributed by atoms with Crippen LogP contribution in [0.3, 0.4) is 0 Å². The number of nitrogens with one attached hydrogen (secondary N) is 1. The molecule has 38 heavy (non-hydrogen) atoms. The van der Waals surface area contributed by atoms with E-state index in [1.165, 1.54) is 18.0 Å². The summed E-state index contributed by atoms with van der Waals surface area (Å²) >= 11 is 0. The molecule has 1 aliphatic heterocycles. The van der Waals surface area contributed by atoms with Crippen LogP contribution in [0, 0.1) is 0 Å². The molecule has 1 N–H and O–H groups in total. The maximum atomic E-state index is 13.5. The summed E-state index contributed by atoms with van der Waals surface area (Å²) in [7, 11) is 1.40. The van der Waals surface area contributed by atoms with Crippen molar-refractivity contribution in [2.75, 3.05) is 10.2 Å². The Hall–Kier alpha value is -3.52. The lowest BCUT2D eigenvalue weighted by molar-refractivity contribution is -0.143. The zero-order valence-corrected chi connectivity index (χ0v) is 19.9. The summed E-state index contributed by atoms with van der Waals surface area (Å²) in [5, 5.41) is 14.8. The van der Waals surface area contributed by atoms with Gasteiger partial charge in [0.15, 0.2) is 0 Å². The molecule has 6 nitrogen and oxygen atoms in total. The van der Waals surface area contributed by atoms with Gasteiger partial charge in [-0.3, -0.25) is 0 Å². The Labute approximate surface area is 210 Å². The molecule has 206 valence electrons. The molecule has 0 aliphatic carbocycles. The molecule has 2 unspecified atom stereocenters. The molecule has 2 atom stereocenters. The van der Waals surface area contributed by atoms with Crippen LogP contribution >= 0.6 is 0 Å². The number of tetrazole rings is 1. The third-order valence-electron chi connectivity index (χ3n) is 6.23. The van der Waals surface area contributed by atoms with E-state index in [-0.39, 0.29) is 35.6 Å². The average Bonchev–Trinajstić information content (AvgIpc) is 3.25. The van der Waals surface area contributed by atoms with E-state index in [1.54, 1.807) is 0 Å². The molecular formula is C23H21F9N6. The molecule has 0 amide bonds. The number of hydrogen-bond acceptors (Lipinski definition) is 5. The fourth-order valence-corrected chi connectivity index (χ4v) is 4.40. The minimum Gasteiger partial charge on any atom is -0.382 e. The number of fused-ring (bicyclic) bond motifs is 1. The molecule has 0 bridgehead atoms. The summed E-state index contributed by atoms with van der Waals surface area (Å²) in [6.45, 7) is 1.27. The molecule has 0 fully saturated rings. The van der Waals surface area contributed by atoms with Crippen molar-refractivity contribution < 1.29 is 39.5 Å². The quantitative estimate of drug-likeness (QED) is 0.361. The zero-order chi connectivity index (χ0) is 28.0. The molecule has 15 heteroatoms. The van der Waals surface area contributed by atoms with E-state index in [1.807, 2.05) is 6.92 Å². The molecule has 1 aliphatic rings. The number of alkyl halides is 9. The maximum absolute atomic E-state index is 13.5. The fraction of sp³-hybridized carbons (Fsp3) is 0.435. The van der Waals surface area contributed by atoms with Gasteiger partial charge in [-0.15, -0.1) is 5.10 Å². The lowest BCUT2D eigenvalue weighted by Gasteiger charge is -2.39. The van der Waals surface area contributed by atoms with Gasteiger partial charge in [0.1, 0.15) is 0 Å². The van der Waals surface area contributed by atoms with Crippen molar-refractivity contribution in [3.63, 3.8) is 0 Å². The number of benzene rings is 2. The molecule has 0 radical (unpaired) electrons. The van der Waals surface area contributed by atoms with Crippen LogP contribution in [-0.4, -0.2) is 26.2 Å². The number of halogens is 9. The third kappa shape index (κ3) is 5.80. The van der Waals surface area contributed by atoms with Crippen LogP contribution in [-0.2, 0) is 32.1 Å². The van der Waals surface area contributed by atoms with E-state index in [0.717, 1.165) is 16.9 Å². The smallest absolute Gasteiger partial charge is 0.382 e. The van der Waals surface area contributed by atoms with Gasteiger partial charge in [0.2, 0.25) is 0 Å². The van der Waals surface area contributed by atoms with E-state index < -0.39 is 47.8 Å². The highest BCUT2D eigenvalue weighted by atomic mass is 19.4. The summed E-state index contributed by atoms with van der Waals surface area (Å²) in [6, 6.07) is 3.04. The third-order valence-corrected chi connectivity index (χ3v) is 6.23. The van der Waals surface area contributed by atoms with Crippen molar-refractivity contribution in [3.8, 4) is 0 Å². The molecule has 0 saturated heterocycles. The second-order valence-electron chi connectivity index (χ2n) is 8.92. The van der Waals surface area contributed by atoms with Crippen LogP contribution in [0.2, 0.25) is 0 Å². The van der Waals surface area contributed by atoms with Crippen molar-refractivity contribution >= 4 is 11.6 Å². The van der Waals surface area contributed by atoms with Gasteiger partial charge >= 0.3 is 18.5 Å². The first-order valence-electron chi connectivity index (χ1n) is 11.3. The van der Waals surface area contributed by atoms with Crippen LogP contribution < -0.4 is 10.2 Å². The SMILES string of the molecule is CCC1CC(N(Cc2cc(C(F)(F)F)cc(C(F)(F)F)c2)c2nnn(C)n2)c2cc(C(F)(F)F)ccc2N1. The Morgan fingerprint density at radius 3 is 2.00 bits per heavy atom. The second kappa shape index (κ2) is 9.66. The van der Waals surface area contributed by atoms with E-state index in [9.17, 15) is 39.5 Å². The highest BCUT2D eigenvalue weighted by Crippen LogP contribution is 2.43. The van der Waals surface area contributed by atoms with E-state index >= 15 is 0 Å². The van der Waals surface area contributed by atoms with Crippen LogP contribution in [0.15, 0.2) is 36.4 Å². The number of nitrogens with zero attached hydrogens (tertiary/aromatic N) is 5. The fourth-order valence-electron chi connectivity index (χ4n) is 4.40. The Balaban J connectivity index is 1.87. The van der Waals surface area contributed by atoms with Crippen molar-refractivity contribution in [3.05, 3.63) is 64.2 Å². The largest absolute Gasteiger partial charge is 0.416 e. The Bertz CT molecular complexity index is 1260. The lowest BCUT2D eigenvalue weighted by atomic mass is 9.89. The van der Waals surface area contributed by atoms with Gasteiger partial charge in [0.25, 0.3) is 5.95 Å². The molecule has 1 aromatic heterocycles. The Morgan fingerprint density at radius 1 is 0.895 bits per heavy atom. The number of rotatable bonds is 5. The monoisotopic (exact) mass is 552 g/mol. The molecule has 0 saturated carbocycles. The number of aryl methyl sites for hydroxylation is 1. The van der Waals surface area contributed by atoms with Gasteiger partial charge < -0.3 is 10.2 Å². The van der Waals surface area contributed by atoms with Gasteiger partial charge in [-0.1, -0.05) is 12.0 Å². The Morgan fingerprint density at radius 2 is 1.50 bits per heavy atom. The van der Waals surface area contributed by atoms with Crippen molar-refractivity contribution in [1.82, 2.24) is 20.2 Å². The summed E-state index contributed by atoms with van der Waals surface area (Å²) in [4.78, 5) is 2.31. The summed E-state index contributed by atoms with van der Waals surface area (Å²) in [5.74, 6) is -0.163. The normalized spacial score (nSPS) is 18.2. The van der Waals surface area contributed by atoms with Crippen LogP contribution in [0.25, 0.3) is 0 Å². The predicted octanol–water partition coefficient (Wildman–Crippen LogP) is 6.61. The molecule has 4 rings (SSSR count). The molecule has 0 spiro atoms. The van der Waals surface area contributed by atoms with E-state index in [2.05, 4.69) is 20.7 Å². The first-order valence-corrected chi connectivity index (χ1v) is 11.3. The van der Waals surface area contributed by atoms with Gasteiger partial charge in [-0.2, -0.15) is 44.3 Å². The highest BCUT2D eigenvalue weighted by Gasteiger charge is 2.39. The lowest BCUT2D eigenvalue weighted by Crippen LogP contribution is -2.38. The second-order valence-corrected chi connectivity index (χ2v) is 8.92. The number of anilines is 2. The summed E-state index contributed by atoms with van der Waals surface area (Å²) in [6.07, 6.45) is -14.1. The number of aromatic nitrogens is 4.